The third kappa shape index (κ3) is 3.52. The zero-order valence-electron chi connectivity index (χ0n) is 14.8. The first-order chi connectivity index (χ1) is 12.7. The molecule has 1 aliphatic rings. The Hall–Kier alpha value is -2.95. The number of benzene rings is 2. The van der Waals surface area contributed by atoms with Crippen LogP contribution in [0.1, 0.15) is 34.6 Å². The van der Waals surface area contributed by atoms with Crippen molar-refractivity contribution >= 4 is 5.91 Å². The van der Waals surface area contributed by atoms with E-state index in [0.29, 0.717) is 19.0 Å². The first kappa shape index (κ1) is 16.5. The smallest absolute Gasteiger partial charge is 0.224 e. The average molecular weight is 346 g/mol. The molecule has 0 bridgehead atoms. The highest BCUT2D eigenvalue weighted by Gasteiger charge is 2.44. The van der Waals surface area contributed by atoms with Crippen LogP contribution < -0.4 is 5.32 Å². The van der Waals surface area contributed by atoms with Gasteiger partial charge in [-0.2, -0.15) is 5.10 Å². The zero-order valence-corrected chi connectivity index (χ0v) is 14.8. The van der Waals surface area contributed by atoms with Crippen LogP contribution >= 0.6 is 0 Å². The van der Waals surface area contributed by atoms with Crippen LogP contribution in [-0.2, 0) is 17.9 Å². The van der Waals surface area contributed by atoms with Crippen LogP contribution in [0.25, 0.3) is 0 Å². The van der Waals surface area contributed by atoms with Crippen molar-refractivity contribution in [2.45, 2.75) is 32.4 Å². The molecule has 1 fully saturated rings. The van der Waals surface area contributed by atoms with Gasteiger partial charge in [0.05, 0.1) is 6.54 Å². The van der Waals surface area contributed by atoms with E-state index in [1.165, 1.54) is 17.5 Å². The second-order valence-electron chi connectivity index (χ2n) is 6.88. The SMILES string of the molecule is Cc1ccccc1[C@H]1C[C@H]1C(=O)NCc1ccccc1Cn1cncn1. The maximum Gasteiger partial charge on any atom is 0.224 e. The number of aromatic nitrogens is 3. The molecule has 0 saturated heterocycles. The molecule has 2 atom stereocenters. The molecule has 5 heteroatoms. The van der Waals surface area contributed by atoms with Crippen molar-refractivity contribution in [1.29, 1.82) is 0 Å². The maximum atomic E-state index is 12.6. The second-order valence-corrected chi connectivity index (χ2v) is 6.88. The van der Waals surface area contributed by atoms with Crippen LogP contribution in [-0.4, -0.2) is 20.7 Å². The lowest BCUT2D eigenvalue weighted by atomic mass is 10.0. The molecule has 132 valence electrons. The van der Waals surface area contributed by atoms with E-state index in [2.05, 4.69) is 52.7 Å². The molecular formula is C21H22N4O. The quantitative estimate of drug-likeness (QED) is 0.746. The van der Waals surface area contributed by atoms with Crippen molar-refractivity contribution in [3.63, 3.8) is 0 Å². The molecule has 0 unspecified atom stereocenters. The van der Waals surface area contributed by atoms with Gasteiger partial charge in [-0.15, -0.1) is 0 Å². The number of carbonyl (C=O) groups excluding carboxylic acids is 1. The highest BCUT2D eigenvalue weighted by atomic mass is 16.2. The summed E-state index contributed by atoms with van der Waals surface area (Å²) in [6.45, 7) is 3.31. The zero-order chi connectivity index (χ0) is 17.9. The van der Waals surface area contributed by atoms with Crippen molar-refractivity contribution in [2.24, 2.45) is 5.92 Å². The predicted octanol–water partition coefficient (Wildman–Crippen LogP) is 3.05. The van der Waals surface area contributed by atoms with Crippen molar-refractivity contribution in [3.05, 3.63) is 83.4 Å². The molecule has 0 radical (unpaired) electrons. The largest absolute Gasteiger partial charge is 0.352 e. The molecule has 4 rings (SSSR count). The molecule has 2 aromatic carbocycles. The lowest BCUT2D eigenvalue weighted by Crippen LogP contribution is -2.25. The van der Waals surface area contributed by atoms with Gasteiger partial charge < -0.3 is 5.32 Å². The first-order valence-corrected chi connectivity index (χ1v) is 8.95. The minimum atomic E-state index is 0.0959. The normalized spacial score (nSPS) is 18.5. The van der Waals surface area contributed by atoms with Crippen molar-refractivity contribution < 1.29 is 4.79 Å². The topological polar surface area (TPSA) is 59.8 Å². The molecule has 3 aromatic rings. The Morgan fingerprint density at radius 2 is 1.92 bits per heavy atom. The molecule has 1 amide bonds. The van der Waals surface area contributed by atoms with Gasteiger partial charge in [-0.05, 0) is 41.5 Å². The summed E-state index contributed by atoms with van der Waals surface area (Å²) in [4.78, 5) is 16.5. The number of nitrogens with one attached hydrogen (secondary N) is 1. The highest BCUT2D eigenvalue weighted by molar-refractivity contribution is 5.83. The van der Waals surface area contributed by atoms with Crippen LogP contribution in [0.2, 0.25) is 0 Å². The van der Waals surface area contributed by atoms with Gasteiger partial charge in [-0.1, -0.05) is 48.5 Å². The molecular weight excluding hydrogens is 324 g/mol. The molecule has 5 nitrogen and oxygen atoms in total. The summed E-state index contributed by atoms with van der Waals surface area (Å²) in [5, 5.41) is 7.27. The van der Waals surface area contributed by atoms with E-state index in [-0.39, 0.29) is 11.8 Å². The van der Waals surface area contributed by atoms with E-state index in [1.54, 1.807) is 11.0 Å². The number of hydrogen-bond acceptors (Lipinski definition) is 3. The Labute approximate surface area is 153 Å². The van der Waals surface area contributed by atoms with Gasteiger partial charge >= 0.3 is 0 Å². The Morgan fingerprint density at radius 3 is 2.69 bits per heavy atom. The van der Waals surface area contributed by atoms with Crippen LogP contribution in [0.5, 0.6) is 0 Å². The van der Waals surface area contributed by atoms with Gasteiger partial charge in [0.1, 0.15) is 12.7 Å². The van der Waals surface area contributed by atoms with E-state index in [1.807, 2.05) is 18.2 Å². The monoisotopic (exact) mass is 346 g/mol. The fraction of sp³-hybridized carbons (Fsp3) is 0.286. The molecule has 1 N–H and O–H groups in total. The molecule has 1 aliphatic carbocycles. The van der Waals surface area contributed by atoms with Crippen LogP contribution in [0.4, 0.5) is 0 Å². The summed E-state index contributed by atoms with van der Waals surface area (Å²) in [5.41, 5.74) is 4.83. The van der Waals surface area contributed by atoms with Crippen molar-refractivity contribution in [3.8, 4) is 0 Å². The number of nitrogens with zero attached hydrogens (tertiary/aromatic N) is 3. The number of hydrogen-bond donors (Lipinski definition) is 1. The van der Waals surface area contributed by atoms with E-state index in [9.17, 15) is 4.79 Å². The van der Waals surface area contributed by atoms with Gasteiger partial charge in [0.25, 0.3) is 0 Å². The minimum Gasteiger partial charge on any atom is -0.352 e. The molecule has 0 spiro atoms. The molecule has 0 aliphatic heterocycles. The third-order valence-electron chi connectivity index (χ3n) is 5.09. The Bertz CT molecular complexity index is 904. The van der Waals surface area contributed by atoms with Crippen molar-refractivity contribution in [2.75, 3.05) is 0 Å². The molecule has 1 saturated carbocycles. The molecule has 1 aromatic heterocycles. The van der Waals surface area contributed by atoms with Crippen molar-refractivity contribution in [1.82, 2.24) is 20.1 Å². The lowest BCUT2D eigenvalue weighted by molar-refractivity contribution is -0.122. The number of rotatable bonds is 6. The minimum absolute atomic E-state index is 0.0959. The molecule has 26 heavy (non-hydrogen) atoms. The van der Waals surface area contributed by atoms with E-state index in [0.717, 1.165) is 17.5 Å². The first-order valence-electron chi connectivity index (χ1n) is 8.95. The summed E-state index contributed by atoms with van der Waals surface area (Å²) < 4.78 is 1.79. The third-order valence-corrected chi connectivity index (χ3v) is 5.09. The predicted molar refractivity (Wildman–Crippen MR) is 99.4 cm³/mol. The standard InChI is InChI=1S/C21H22N4O/c1-15-6-2-5-9-18(15)19-10-20(19)21(26)23-11-16-7-3-4-8-17(16)12-25-14-22-13-24-25/h2-9,13-14,19-20H,10-12H2,1H3,(H,23,26)/t19-,20-/m1/s1. The second kappa shape index (κ2) is 7.12. The summed E-state index contributed by atoms with van der Waals surface area (Å²) in [7, 11) is 0. The number of amides is 1. The number of aryl methyl sites for hydroxylation is 1. The van der Waals surface area contributed by atoms with E-state index >= 15 is 0 Å². The summed E-state index contributed by atoms with van der Waals surface area (Å²) >= 11 is 0. The van der Waals surface area contributed by atoms with Gasteiger partial charge in [0.2, 0.25) is 5.91 Å². The lowest BCUT2D eigenvalue weighted by Gasteiger charge is -2.11. The van der Waals surface area contributed by atoms with Crippen LogP contribution in [0, 0.1) is 12.8 Å². The van der Waals surface area contributed by atoms with Gasteiger partial charge in [0, 0.05) is 12.5 Å². The Kier molecular flexibility index (Phi) is 4.52. The van der Waals surface area contributed by atoms with Gasteiger partial charge in [-0.25, -0.2) is 9.67 Å². The van der Waals surface area contributed by atoms with E-state index in [4.69, 9.17) is 0 Å². The number of carbonyl (C=O) groups is 1. The van der Waals surface area contributed by atoms with Gasteiger partial charge in [0.15, 0.2) is 0 Å². The van der Waals surface area contributed by atoms with Crippen LogP contribution in [0.15, 0.2) is 61.2 Å². The Balaban J connectivity index is 1.38. The van der Waals surface area contributed by atoms with Crippen LogP contribution in [0.3, 0.4) is 0 Å². The fourth-order valence-electron chi connectivity index (χ4n) is 3.52. The highest BCUT2D eigenvalue weighted by Crippen LogP contribution is 2.48. The van der Waals surface area contributed by atoms with E-state index < -0.39 is 0 Å². The maximum absolute atomic E-state index is 12.6. The average Bonchev–Trinajstić information content (AvgIpc) is 3.29. The fourth-order valence-corrected chi connectivity index (χ4v) is 3.52. The van der Waals surface area contributed by atoms with Gasteiger partial charge in [-0.3, -0.25) is 4.79 Å². The summed E-state index contributed by atoms with van der Waals surface area (Å²) in [5.74, 6) is 0.606. The molecule has 1 heterocycles. The Morgan fingerprint density at radius 1 is 1.15 bits per heavy atom. The summed E-state index contributed by atoms with van der Waals surface area (Å²) in [6.07, 6.45) is 4.17. The summed E-state index contributed by atoms with van der Waals surface area (Å²) in [6, 6.07) is 16.5.